The first-order valence-corrected chi connectivity index (χ1v) is 7.92. The Morgan fingerprint density at radius 3 is 2.40 bits per heavy atom. The smallest absolute Gasteiger partial charge is 0.307 e. The molecular formula is C20H20FNO3. The van der Waals surface area contributed by atoms with Gasteiger partial charge in [-0.15, -0.1) is 0 Å². The Kier molecular flexibility index (Phi) is 6.89. The molecule has 25 heavy (non-hydrogen) atoms. The first-order valence-electron chi connectivity index (χ1n) is 7.92. The molecule has 2 aromatic rings. The second kappa shape index (κ2) is 9.37. The highest BCUT2D eigenvalue weighted by Gasteiger charge is 2.14. The summed E-state index contributed by atoms with van der Waals surface area (Å²) in [6, 6.07) is 15.4. The lowest BCUT2D eigenvalue weighted by Gasteiger charge is -2.21. The summed E-state index contributed by atoms with van der Waals surface area (Å²) in [6.45, 7) is 0.511. The average Bonchev–Trinajstić information content (AvgIpc) is 2.65. The summed E-state index contributed by atoms with van der Waals surface area (Å²) in [5.74, 6) is -0.943. The highest BCUT2D eigenvalue weighted by atomic mass is 19.1. The number of halogens is 1. The zero-order valence-corrected chi connectivity index (χ0v) is 14.0. The van der Waals surface area contributed by atoms with E-state index in [0.717, 1.165) is 11.1 Å². The van der Waals surface area contributed by atoms with E-state index in [1.807, 2.05) is 30.3 Å². The Balaban J connectivity index is 2.08. The van der Waals surface area contributed by atoms with Gasteiger partial charge in [0.05, 0.1) is 13.5 Å². The molecule has 0 unspecified atom stereocenters. The van der Waals surface area contributed by atoms with E-state index in [4.69, 9.17) is 0 Å². The van der Waals surface area contributed by atoms with Crippen molar-refractivity contribution in [3.05, 3.63) is 77.6 Å². The third-order valence-corrected chi connectivity index (χ3v) is 3.63. The highest BCUT2D eigenvalue weighted by molar-refractivity contribution is 5.92. The summed E-state index contributed by atoms with van der Waals surface area (Å²) in [6.07, 6.45) is 3.29. The molecule has 1 amide bonds. The van der Waals surface area contributed by atoms with Gasteiger partial charge in [0.2, 0.25) is 5.91 Å². The van der Waals surface area contributed by atoms with E-state index >= 15 is 0 Å². The Hall–Kier alpha value is -2.95. The van der Waals surface area contributed by atoms with Crippen LogP contribution in [0.5, 0.6) is 0 Å². The standard InChI is InChI=1S/C20H20FNO3/c1-25-20(24)13-14-22(15-17-7-10-18(21)11-8-17)19(23)12-9-16-5-3-2-4-6-16/h2-12H,13-15H2,1H3/b12-9+. The lowest BCUT2D eigenvalue weighted by molar-refractivity contribution is -0.141. The van der Waals surface area contributed by atoms with E-state index in [9.17, 15) is 14.0 Å². The lowest BCUT2D eigenvalue weighted by Crippen LogP contribution is -2.31. The van der Waals surface area contributed by atoms with E-state index in [-0.39, 0.29) is 37.2 Å². The number of esters is 1. The fourth-order valence-corrected chi connectivity index (χ4v) is 2.24. The molecule has 0 heterocycles. The van der Waals surface area contributed by atoms with Crippen molar-refractivity contribution in [1.82, 2.24) is 4.90 Å². The van der Waals surface area contributed by atoms with Gasteiger partial charge in [-0.25, -0.2) is 4.39 Å². The maximum absolute atomic E-state index is 13.0. The van der Waals surface area contributed by atoms with Gasteiger partial charge in [-0.1, -0.05) is 42.5 Å². The van der Waals surface area contributed by atoms with Crippen LogP contribution in [0.1, 0.15) is 17.5 Å². The Bertz CT molecular complexity index is 726. The number of hydrogen-bond acceptors (Lipinski definition) is 3. The van der Waals surface area contributed by atoms with Crippen LogP contribution < -0.4 is 0 Å². The Labute approximate surface area is 146 Å². The summed E-state index contributed by atoms with van der Waals surface area (Å²) in [5, 5.41) is 0. The number of methoxy groups -OCH3 is 1. The Morgan fingerprint density at radius 2 is 1.76 bits per heavy atom. The van der Waals surface area contributed by atoms with Crippen molar-refractivity contribution in [2.75, 3.05) is 13.7 Å². The molecule has 0 saturated heterocycles. The largest absolute Gasteiger partial charge is 0.469 e. The summed E-state index contributed by atoms with van der Waals surface area (Å²) >= 11 is 0. The molecule has 5 heteroatoms. The van der Waals surface area contributed by atoms with E-state index in [1.54, 1.807) is 18.2 Å². The second-order valence-electron chi connectivity index (χ2n) is 5.46. The van der Waals surface area contributed by atoms with Crippen molar-refractivity contribution in [3.8, 4) is 0 Å². The number of rotatable bonds is 7. The summed E-state index contributed by atoms with van der Waals surface area (Å²) in [5.41, 5.74) is 1.69. The first-order chi connectivity index (χ1) is 12.1. The van der Waals surface area contributed by atoms with Crippen molar-refractivity contribution < 1.29 is 18.7 Å². The molecule has 2 aromatic carbocycles. The van der Waals surface area contributed by atoms with Crippen LogP contribution in [0.2, 0.25) is 0 Å². The van der Waals surface area contributed by atoms with Crippen LogP contribution in [-0.2, 0) is 20.9 Å². The van der Waals surface area contributed by atoms with E-state index < -0.39 is 0 Å². The quantitative estimate of drug-likeness (QED) is 0.572. The number of ether oxygens (including phenoxy) is 1. The molecule has 0 bridgehead atoms. The number of carbonyl (C=O) groups excluding carboxylic acids is 2. The zero-order valence-electron chi connectivity index (χ0n) is 14.0. The number of benzene rings is 2. The zero-order chi connectivity index (χ0) is 18.1. The number of amides is 1. The molecule has 0 atom stereocenters. The molecule has 0 spiro atoms. The van der Waals surface area contributed by atoms with Gasteiger partial charge in [0.25, 0.3) is 0 Å². The third kappa shape index (κ3) is 6.22. The fourth-order valence-electron chi connectivity index (χ4n) is 2.24. The summed E-state index contributed by atoms with van der Waals surface area (Å²) in [7, 11) is 1.31. The van der Waals surface area contributed by atoms with Crippen LogP contribution in [0, 0.1) is 5.82 Å². The number of nitrogens with zero attached hydrogens (tertiary/aromatic N) is 1. The fraction of sp³-hybridized carbons (Fsp3) is 0.200. The van der Waals surface area contributed by atoms with Gasteiger partial charge in [0.1, 0.15) is 5.82 Å². The lowest BCUT2D eigenvalue weighted by atomic mass is 10.2. The summed E-state index contributed by atoms with van der Waals surface area (Å²) in [4.78, 5) is 25.4. The molecule has 0 fully saturated rings. The van der Waals surface area contributed by atoms with Crippen LogP contribution in [-0.4, -0.2) is 30.4 Å². The minimum atomic E-state index is -0.385. The molecule has 0 aromatic heterocycles. The monoisotopic (exact) mass is 341 g/mol. The van der Waals surface area contributed by atoms with Crippen molar-refractivity contribution in [2.45, 2.75) is 13.0 Å². The van der Waals surface area contributed by atoms with Gasteiger partial charge in [-0.05, 0) is 29.3 Å². The highest BCUT2D eigenvalue weighted by Crippen LogP contribution is 2.09. The molecule has 4 nitrogen and oxygen atoms in total. The second-order valence-corrected chi connectivity index (χ2v) is 5.46. The third-order valence-electron chi connectivity index (χ3n) is 3.63. The molecule has 0 saturated carbocycles. The molecule has 130 valence electrons. The van der Waals surface area contributed by atoms with Gasteiger partial charge in [-0.2, -0.15) is 0 Å². The van der Waals surface area contributed by atoms with Crippen LogP contribution >= 0.6 is 0 Å². The van der Waals surface area contributed by atoms with Crippen molar-refractivity contribution >= 4 is 18.0 Å². The predicted octanol–water partition coefficient (Wildman–Crippen LogP) is 3.43. The number of carbonyl (C=O) groups is 2. The van der Waals surface area contributed by atoms with Crippen LogP contribution in [0.15, 0.2) is 60.7 Å². The SMILES string of the molecule is COC(=O)CCN(Cc1ccc(F)cc1)C(=O)/C=C/c1ccccc1. The minimum absolute atomic E-state index is 0.0998. The minimum Gasteiger partial charge on any atom is -0.469 e. The van der Waals surface area contributed by atoms with Gasteiger partial charge in [-0.3, -0.25) is 9.59 Å². The summed E-state index contributed by atoms with van der Waals surface area (Å²) < 4.78 is 17.7. The van der Waals surface area contributed by atoms with Crippen molar-refractivity contribution in [1.29, 1.82) is 0 Å². The van der Waals surface area contributed by atoms with Gasteiger partial charge >= 0.3 is 5.97 Å². The molecule has 0 N–H and O–H groups in total. The van der Waals surface area contributed by atoms with Gasteiger partial charge in [0, 0.05) is 19.2 Å². The molecule has 0 aliphatic heterocycles. The molecular weight excluding hydrogens is 321 g/mol. The van der Waals surface area contributed by atoms with E-state index in [0.29, 0.717) is 0 Å². The van der Waals surface area contributed by atoms with Crippen molar-refractivity contribution in [3.63, 3.8) is 0 Å². The normalized spacial score (nSPS) is 10.6. The first kappa shape index (κ1) is 18.4. The van der Waals surface area contributed by atoms with Crippen molar-refractivity contribution in [2.24, 2.45) is 0 Å². The predicted molar refractivity (Wildman–Crippen MR) is 93.9 cm³/mol. The van der Waals surface area contributed by atoms with Gasteiger partial charge in [0.15, 0.2) is 0 Å². The van der Waals surface area contributed by atoms with Crippen LogP contribution in [0.3, 0.4) is 0 Å². The maximum atomic E-state index is 13.0. The average molecular weight is 341 g/mol. The van der Waals surface area contributed by atoms with E-state index in [1.165, 1.54) is 30.2 Å². The van der Waals surface area contributed by atoms with E-state index in [2.05, 4.69) is 4.74 Å². The number of hydrogen-bond donors (Lipinski definition) is 0. The van der Waals surface area contributed by atoms with Crippen LogP contribution in [0.25, 0.3) is 6.08 Å². The molecule has 0 radical (unpaired) electrons. The molecule has 0 aliphatic rings. The van der Waals surface area contributed by atoms with Crippen LogP contribution in [0.4, 0.5) is 4.39 Å². The molecule has 0 aliphatic carbocycles. The Morgan fingerprint density at radius 1 is 1.08 bits per heavy atom. The maximum Gasteiger partial charge on any atom is 0.307 e. The van der Waals surface area contributed by atoms with Gasteiger partial charge < -0.3 is 9.64 Å². The topological polar surface area (TPSA) is 46.6 Å². The molecule has 2 rings (SSSR count).